The third-order valence-electron chi connectivity index (χ3n) is 3.19. The fraction of sp³-hybridized carbons (Fsp3) is 0.429. The molecule has 1 saturated heterocycles. The Morgan fingerprint density at radius 1 is 1.50 bits per heavy atom. The fourth-order valence-corrected chi connectivity index (χ4v) is 3.18. The lowest BCUT2D eigenvalue weighted by Gasteiger charge is -2.22. The highest BCUT2D eigenvalue weighted by Gasteiger charge is 2.19. The normalized spacial score (nSPS) is 18.6. The average Bonchev–Trinajstić information content (AvgIpc) is 2.39. The van der Waals surface area contributed by atoms with Crippen molar-refractivity contribution in [1.29, 1.82) is 0 Å². The Morgan fingerprint density at radius 2 is 2.30 bits per heavy atom. The summed E-state index contributed by atoms with van der Waals surface area (Å²) in [4.78, 5) is 23.3. The van der Waals surface area contributed by atoms with Crippen molar-refractivity contribution in [3.05, 3.63) is 29.3 Å². The minimum atomic E-state index is -1.02. The van der Waals surface area contributed by atoms with Crippen LogP contribution in [0.5, 0.6) is 0 Å². The largest absolute Gasteiger partial charge is 0.478 e. The summed E-state index contributed by atoms with van der Waals surface area (Å²) in [6.07, 6.45) is 0.361. The van der Waals surface area contributed by atoms with Gasteiger partial charge in [0.2, 0.25) is 5.91 Å². The summed E-state index contributed by atoms with van der Waals surface area (Å²) < 4.78 is 0. The number of rotatable bonds is 4. The smallest absolute Gasteiger partial charge is 0.338 e. The van der Waals surface area contributed by atoms with Crippen LogP contribution in [0.1, 0.15) is 22.3 Å². The number of benzene rings is 1. The zero-order valence-electron chi connectivity index (χ0n) is 11.3. The van der Waals surface area contributed by atoms with E-state index >= 15 is 0 Å². The molecule has 1 heterocycles. The summed E-state index contributed by atoms with van der Waals surface area (Å²) >= 11 is 1.83. The van der Waals surface area contributed by atoms with Crippen molar-refractivity contribution >= 4 is 29.3 Å². The Labute approximate surface area is 122 Å². The van der Waals surface area contributed by atoms with Crippen LogP contribution in [-0.2, 0) is 4.79 Å². The summed E-state index contributed by atoms with van der Waals surface area (Å²) in [7, 11) is 0. The van der Waals surface area contributed by atoms with E-state index in [2.05, 4.69) is 10.6 Å². The number of hydrogen-bond donors (Lipinski definition) is 3. The van der Waals surface area contributed by atoms with Crippen molar-refractivity contribution in [2.75, 3.05) is 23.4 Å². The van der Waals surface area contributed by atoms with Crippen LogP contribution >= 0.6 is 11.8 Å². The Hall–Kier alpha value is -1.53. The van der Waals surface area contributed by atoms with Crippen LogP contribution in [0, 0.1) is 6.92 Å². The zero-order chi connectivity index (χ0) is 14.5. The molecule has 0 saturated carbocycles. The topological polar surface area (TPSA) is 78.4 Å². The van der Waals surface area contributed by atoms with Gasteiger partial charge in [0.25, 0.3) is 0 Å². The molecule has 1 aliphatic heterocycles. The minimum absolute atomic E-state index is 0.155. The number of hydrogen-bond acceptors (Lipinski definition) is 4. The summed E-state index contributed by atoms with van der Waals surface area (Å²) in [5.74, 6) is 0.800. The second-order valence-corrected chi connectivity index (χ2v) is 5.93. The van der Waals surface area contributed by atoms with Crippen LogP contribution < -0.4 is 10.6 Å². The molecule has 1 atom stereocenters. The van der Waals surface area contributed by atoms with Gasteiger partial charge in [-0.05, 0) is 18.6 Å². The van der Waals surface area contributed by atoms with Gasteiger partial charge >= 0.3 is 5.97 Å². The Morgan fingerprint density at radius 3 is 2.95 bits per heavy atom. The van der Waals surface area contributed by atoms with Crippen LogP contribution in [0.3, 0.4) is 0 Å². The molecule has 5 nitrogen and oxygen atoms in total. The van der Waals surface area contributed by atoms with Crippen molar-refractivity contribution in [2.45, 2.75) is 19.4 Å². The molecule has 0 spiro atoms. The first-order valence-corrected chi connectivity index (χ1v) is 7.67. The fourth-order valence-electron chi connectivity index (χ4n) is 2.23. The number of carboxylic acid groups (broad SMARTS) is 1. The van der Waals surface area contributed by atoms with Crippen molar-refractivity contribution < 1.29 is 14.7 Å². The molecule has 0 aliphatic carbocycles. The molecule has 6 heteroatoms. The van der Waals surface area contributed by atoms with Gasteiger partial charge in [-0.15, -0.1) is 0 Å². The van der Waals surface area contributed by atoms with Crippen LogP contribution in [-0.4, -0.2) is 41.1 Å². The highest BCUT2D eigenvalue weighted by Crippen LogP contribution is 2.20. The maximum Gasteiger partial charge on any atom is 0.338 e. The molecule has 0 bridgehead atoms. The average molecular weight is 294 g/mol. The van der Waals surface area contributed by atoms with E-state index in [9.17, 15) is 14.7 Å². The number of anilines is 1. The van der Waals surface area contributed by atoms with E-state index in [-0.39, 0.29) is 17.5 Å². The number of aryl methyl sites for hydroxylation is 1. The monoisotopic (exact) mass is 294 g/mol. The Bertz CT molecular complexity index is 513. The van der Waals surface area contributed by atoms with E-state index in [1.807, 2.05) is 11.8 Å². The lowest BCUT2D eigenvalue weighted by atomic mass is 10.1. The van der Waals surface area contributed by atoms with Crippen LogP contribution in [0.2, 0.25) is 0 Å². The molecule has 1 aromatic rings. The highest BCUT2D eigenvalue weighted by molar-refractivity contribution is 7.99. The first kappa shape index (κ1) is 14.9. The quantitative estimate of drug-likeness (QED) is 0.788. The van der Waals surface area contributed by atoms with Crippen molar-refractivity contribution in [3.8, 4) is 0 Å². The van der Waals surface area contributed by atoms with Crippen molar-refractivity contribution in [1.82, 2.24) is 5.32 Å². The van der Waals surface area contributed by atoms with E-state index in [1.165, 1.54) is 0 Å². The van der Waals surface area contributed by atoms with Crippen LogP contribution in [0.4, 0.5) is 5.69 Å². The molecule has 1 fully saturated rings. The van der Waals surface area contributed by atoms with E-state index in [0.29, 0.717) is 17.7 Å². The first-order chi connectivity index (χ1) is 9.58. The molecule has 3 N–H and O–H groups in total. The predicted molar refractivity (Wildman–Crippen MR) is 80.5 cm³/mol. The highest BCUT2D eigenvalue weighted by atomic mass is 32.2. The molecule has 1 aliphatic rings. The molecule has 20 heavy (non-hydrogen) atoms. The summed E-state index contributed by atoms with van der Waals surface area (Å²) in [5.41, 5.74) is 1.17. The Balaban J connectivity index is 2.04. The second-order valence-electron chi connectivity index (χ2n) is 4.78. The molecule has 0 aromatic heterocycles. The lowest BCUT2D eigenvalue weighted by molar-refractivity contribution is -0.116. The van der Waals surface area contributed by atoms with Crippen molar-refractivity contribution in [3.63, 3.8) is 0 Å². The van der Waals surface area contributed by atoms with Gasteiger partial charge in [-0.25, -0.2) is 4.79 Å². The first-order valence-electron chi connectivity index (χ1n) is 6.52. The number of carboxylic acids is 1. The summed E-state index contributed by atoms with van der Waals surface area (Å²) in [6.45, 7) is 2.63. The molecule has 1 unspecified atom stereocenters. The van der Waals surface area contributed by atoms with Gasteiger partial charge in [-0.1, -0.05) is 12.1 Å². The molecule has 108 valence electrons. The van der Waals surface area contributed by atoms with E-state index in [1.54, 1.807) is 25.1 Å². The number of carbonyl (C=O) groups excluding carboxylic acids is 1. The van der Waals surface area contributed by atoms with Gasteiger partial charge in [0.15, 0.2) is 0 Å². The summed E-state index contributed by atoms with van der Waals surface area (Å²) in [5, 5.41) is 15.2. The van der Waals surface area contributed by atoms with Gasteiger partial charge < -0.3 is 15.7 Å². The molecular weight excluding hydrogens is 276 g/mol. The van der Waals surface area contributed by atoms with Gasteiger partial charge in [-0.3, -0.25) is 4.79 Å². The molecule has 2 rings (SSSR count). The molecule has 0 radical (unpaired) electrons. The number of thioether (sulfide) groups is 1. The zero-order valence-corrected chi connectivity index (χ0v) is 12.1. The number of carbonyl (C=O) groups is 2. The Kier molecular flexibility index (Phi) is 5.03. The van der Waals surface area contributed by atoms with Gasteiger partial charge in [0.1, 0.15) is 0 Å². The van der Waals surface area contributed by atoms with E-state index < -0.39 is 5.97 Å². The minimum Gasteiger partial charge on any atom is -0.478 e. The van der Waals surface area contributed by atoms with Crippen molar-refractivity contribution in [2.24, 2.45) is 0 Å². The van der Waals surface area contributed by atoms with E-state index in [4.69, 9.17) is 0 Å². The van der Waals surface area contributed by atoms with Crippen LogP contribution in [0.15, 0.2) is 18.2 Å². The SMILES string of the molecule is Cc1cccc(NC(=O)CC2CSCCN2)c1C(=O)O. The number of nitrogens with one attached hydrogen (secondary N) is 2. The second kappa shape index (κ2) is 6.76. The maximum absolute atomic E-state index is 12.0. The van der Waals surface area contributed by atoms with Gasteiger partial charge in [-0.2, -0.15) is 11.8 Å². The van der Waals surface area contributed by atoms with Gasteiger partial charge in [0, 0.05) is 30.5 Å². The third-order valence-corrected chi connectivity index (χ3v) is 4.32. The molecule has 1 aromatic carbocycles. The number of amides is 1. The summed E-state index contributed by atoms with van der Waals surface area (Å²) in [6, 6.07) is 5.24. The number of aromatic carboxylic acids is 1. The lowest BCUT2D eigenvalue weighted by Crippen LogP contribution is -2.40. The van der Waals surface area contributed by atoms with E-state index in [0.717, 1.165) is 18.1 Å². The molecule has 1 amide bonds. The van der Waals surface area contributed by atoms with Gasteiger partial charge in [0.05, 0.1) is 11.3 Å². The van der Waals surface area contributed by atoms with Crippen LogP contribution in [0.25, 0.3) is 0 Å². The molecular formula is C14H18N2O3S. The maximum atomic E-state index is 12.0. The standard InChI is InChI=1S/C14H18N2O3S/c1-9-3-2-4-11(13(9)14(18)19)16-12(17)7-10-8-20-6-5-15-10/h2-4,10,15H,5-8H2,1H3,(H,16,17)(H,18,19). The predicted octanol–water partition coefficient (Wildman–Crippen LogP) is 1.73. The third kappa shape index (κ3) is 3.74.